The van der Waals surface area contributed by atoms with E-state index in [2.05, 4.69) is 25.7 Å². The normalized spacial score (nSPS) is 13.0. The Kier molecular flexibility index (Phi) is 7.22. The molecule has 26 heavy (non-hydrogen) atoms. The minimum Gasteiger partial charge on any atom is -0.424 e. The lowest BCUT2D eigenvalue weighted by Crippen LogP contribution is -2.65. The van der Waals surface area contributed by atoms with E-state index in [9.17, 15) is 9.90 Å². The Balaban J connectivity index is 2.47. The summed E-state index contributed by atoms with van der Waals surface area (Å²) in [5, 5.41) is 11.2. The Morgan fingerprint density at radius 2 is 1.46 bits per heavy atom. The zero-order valence-electron chi connectivity index (χ0n) is 16.1. The summed E-state index contributed by atoms with van der Waals surface area (Å²) in [7, 11) is -2.99. The van der Waals surface area contributed by atoms with Crippen LogP contribution in [0.3, 0.4) is 0 Å². The minimum absolute atomic E-state index is 0.156. The maximum absolute atomic E-state index is 12.2. The van der Waals surface area contributed by atoms with Crippen LogP contribution in [-0.2, 0) is 0 Å². The first-order chi connectivity index (χ1) is 12.5. The van der Waals surface area contributed by atoms with Crippen molar-refractivity contribution in [2.45, 2.75) is 45.1 Å². The third-order valence-corrected chi connectivity index (χ3v) is 9.77. The van der Waals surface area contributed by atoms with Crippen LogP contribution >= 0.6 is 0 Å². The minimum atomic E-state index is -2.99. The van der Waals surface area contributed by atoms with E-state index in [1.165, 1.54) is 0 Å². The van der Waals surface area contributed by atoms with Gasteiger partial charge in [0.15, 0.2) is 0 Å². The van der Waals surface area contributed by atoms with E-state index >= 15 is 0 Å². The largest absolute Gasteiger partial charge is 0.424 e. The lowest BCUT2D eigenvalue weighted by atomic mass is 9.91. The Morgan fingerprint density at radius 3 is 1.88 bits per heavy atom. The van der Waals surface area contributed by atoms with Crippen molar-refractivity contribution in [1.29, 1.82) is 0 Å². The molecular weight excluding hydrogens is 336 g/mol. The summed E-state index contributed by atoms with van der Waals surface area (Å²) in [6.45, 7) is 6.34. The lowest BCUT2D eigenvalue weighted by molar-refractivity contribution is 0.243. The highest BCUT2D eigenvalue weighted by Gasteiger charge is 2.50. The number of aliphatic hydroxyl groups excluding tert-OH is 1. The van der Waals surface area contributed by atoms with Gasteiger partial charge in [0.1, 0.15) is 0 Å². The summed E-state index contributed by atoms with van der Waals surface area (Å²) >= 11 is 0. The van der Waals surface area contributed by atoms with Gasteiger partial charge in [-0.15, -0.1) is 11.8 Å². The second kappa shape index (κ2) is 9.18. The van der Waals surface area contributed by atoms with Gasteiger partial charge in [0, 0.05) is 13.0 Å². The molecule has 0 aliphatic carbocycles. The Hall–Kier alpha value is -1.86. The maximum atomic E-state index is 12.2. The van der Waals surface area contributed by atoms with Crippen LogP contribution in [-0.4, -0.2) is 24.8 Å². The van der Waals surface area contributed by atoms with Crippen LogP contribution in [0.15, 0.2) is 60.7 Å². The van der Waals surface area contributed by atoms with Gasteiger partial charge in [-0.1, -0.05) is 74.5 Å². The lowest BCUT2D eigenvalue weighted by Gasteiger charge is -2.43. The molecule has 0 saturated carbocycles. The van der Waals surface area contributed by atoms with Gasteiger partial charge in [-0.05, 0) is 41.1 Å². The molecule has 138 valence electrons. The Morgan fingerprint density at radius 1 is 0.962 bits per heavy atom. The molecule has 1 atom stereocenters. The molecule has 0 bridgehead atoms. The molecule has 0 aliphatic rings. The third kappa shape index (κ3) is 4.45. The van der Waals surface area contributed by atoms with E-state index < -0.39 is 8.32 Å². The average Bonchev–Trinajstić information content (AvgIpc) is 2.66. The smallest absolute Gasteiger partial charge is 0.258 e. The summed E-state index contributed by atoms with van der Waals surface area (Å²) in [6.07, 6.45) is 2.30. The summed E-state index contributed by atoms with van der Waals surface area (Å²) < 4.78 is 0. The second-order valence-corrected chi connectivity index (χ2v) is 11.5. The molecule has 0 saturated heterocycles. The number of hydrogen-bond donors (Lipinski definition) is 2. The molecule has 3 heteroatoms. The fourth-order valence-electron chi connectivity index (χ4n) is 3.88. The first kappa shape index (κ1) is 20.4. The van der Waals surface area contributed by atoms with Gasteiger partial charge in [0.2, 0.25) is 0 Å². The topological polar surface area (TPSA) is 40.5 Å². The standard InChI is InChI=1S/C23H30O2Si/c1-4-5-12-20(17-18-24)19-23(2,3)26(25,21-13-8-6-9-14-21)22-15-10-7-11-16-22/h6-11,13-16,20,24-25H,12,17-19H2,1-3H3/t20-/m0/s1. The number of aliphatic hydroxyl groups is 1. The van der Waals surface area contributed by atoms with Crippen LogP contribution in [0.4, 0.5) is 0 Å². The van der Waals surface area contributed by atoms with Gasteiger partial charge >= 0.3 is 0 Å². The van der Waals surface area contributed by atoms with Crippen molar-refractivity contribution in [2.24, 2.45) is 5.92 Å². The number of hydrogen-bond acceptors (Lipinski definition) is 2. The van der Waals surface area contributed by atoms with Crippen molar-refractivity contribution < 1.29 is 9.90 Å². The molecule has 2 aromatic rings. The molecular formula is C23H30O2Si. The molecule has 0 spiro atoms. The van der Waals surface area contributed by atoms with Crippen LogP contribution < -0.4 is 10.4 Å². The number of rotatable bonds is 8. The van der Waals surface area contributed by atoms with Gasteiger partial charge < -0.3 is 9.90 Å². The molecule has 0 fully saturated rings. The molecule has 0 heterocycles. The van der Waals surface area contributed by atoms with Crippen molar-refractivity contribution in [3.63, 3.8) is 0 Å². The maximum Gasteiger partial charge on any atom is 0.258 e. The van der Waals surface area contributed by atoms with Gasteiger partial charge in [-0.3, -0.25) is 0 Å². The molecule has 0 amide bonds. The van der Waals surface area contributed by atoms with Crippen molar-refractivity contribution in [1.82, 2.24) is 0 Å². The van der Waals surface area contributed by atoms with Crippen molar-refractivity contribution in [3.05, 3.63) is 60.7 Å². The van der Waals surface area contributed by atoms with Crippen molar-refractivity contribution >= 4 is 18.7 Å². The fraction of sp³-hybridized carbons (Fsp3) is 0.391. The molecule has 0 aliphatic heterocycles. The highest BCUT2D eigenvalue weighted by atomic mass is 28.4. The molecule has 0 unspecified atom stereocenters. The zero-order valence-corrected chi connectivity index (χ0v) is 17.1. The van der Waals surface area contributed by atoms with E-state index in [4.69, 9.17) is 0 Å². The van der Waals surface area contributed by atoms with E-state index in [0.717, 1.165) is 23.2 Å². The van der Waals surface area contributed by atoms with Crippen molar-refractivity contribution in [3.8, 4) is 11.8 Å². The summed E-state index contributed by atoms with van der Waals surface area (Å²) in [5.41, 5.74) is 0. The van der Waals surface area contributed by atoms with Crippen LogP contribution in [0, 0.1) is 17.8 Å². The summed E-state index contributed by atoms with van der Waals surface area (Å²) in [4.78, 5) is 12.2. The first-order valence-electron chi connectivity index (χ1n) is 9.29. The van der Waals surface area contributed by atoms with Gasteiger partial charge in [0.05, 0.1) is 0 Å². The predicted octanol–water partition coefficient (Wildman–Crippen LogP) is 3.32. The van der Waals surface area contributed by atoms with E-state index in [1.54, 1.807) is 0 Å². The Bertz CT molecular complexity index is 690. The first-order valence-corrected chi connectivity index (χ1v) is 11.2. The predicted molar refractivity (Wildman–Crippen MR) is 112 cm³/mol. The monoisotopic (exact) mass is 366 g/mol. The highest BCUT2D eigenvalue weighted by molar-refractivity contribution is 6.98. The summed E-state index contributed by atoms with van der Waals surface area (Å²) in [5.74, 6) is 6.39. The SMILES string of the molecule is CC#CC[C@@H](CCO)CC(C)(C)[Si](O)(c1ccccc1)c1ccccc1. The van der Waals surface area contributed by atoms with Crippen LogP contribution in [0.1, 0.15) is 40.0 Å². The molecule has 0 aromatic heterocycles. The fourth-order valence-corrected chi connectivity index (χ4v) is 7.71. The van der Waals surface area contributed by atoms with E-state index in [1.807, 2.05) is 67.6 Å². The molecule has 2 rings (SSSR count). The van der Waals surface area contributed by atoms with Crippen LogP contribution in [0.2, 0.25) is 5.04 Å². The highest BCUT2D eigenvalue weighted by Crippen LogP contribution is 2.42. The summed E-state index contributed by atoms with van der Waals surface area (Å²) in [6, 6.07) is 20.2. The zero-order chi connectivity index (χ0) is 19.0. The third-order valence-electron chi connectivity index (χ3n) is 5.27. The van der Waals surface area contributed by atoms with Gasteiger partial charge in [-0.2, -0.15) is 0 Å². The van der Waals surface area contributed by atoms with Gasteiger partial charge in [0.25, 0.3) is 8.32 Å². The molecule has 0 radical (unpaired) electrons. The van der Waals surface area contributed by atoms with Crippen LogP contribution in [0.5, 0.6) is 0 Å². The Labute approximate surface area is 159 Å². The second-order valence-electron chi connectivity index (χ2n) is 7.54. The van der Waals surface area contributed by atoms with Crippen LogP contribution in [0.25, 0.3) is 0 Å². The molecule has 2 N–H and O–H groups in total. The van der Waals surface area contributed by atoms with Gasteiger partial charge in [-0.25, -0.2) is 0 Å². The molecule has 2 aromatic carbocycles. The average molecular weight is 367 g/mol. The quantitative estimate of drug-likeness (QED) is 0.556. The number of benzene rings is 2. The van der Waals surface area contributed by atoms with Crippen molar-refractivity contribution in [2.75, 3.05) is 6.61 Å². The van der Waals surface area contributed by atoms with E-state index in [-0.39, 0.29) is 17.6 Å². The molecule has 2 nitrogen and oxygen atoms in total. The van der Waals surface area contributed by atoms with E-state index in [0.29, 0.717) is 6.42 Å².